The molecule has 0 aliphatic heterocycles. The van der Waals surface area contributed by atoms with Crippen molar-refractivity contribution in [2.24, 2.45) is 0 Å². The topological polar surface area (TPSA) is 60.7 Å². The van der Waals surface area contributed by atoms with Gasteiger partial charge >= 0.3 is 0 Å². The molecule has 0 spiro atoms. The molecule has 19 heavy (non-hydrogen) atoms. The van der Waals surface area contributed by atoms with E-state index in [9.17, 15) is 4.79 Å². The second-order valence-electron chi connectivity index (χ2n) is 5.59. The Morgan fingerprint density at radius 2 is 1.89 bits per heavy atom. The second-order valence-corrected chi connectivity index (χ2v) is 10.5. The molecule has 100 valence electrons. The predicted molar refractivity (Wildman–Crippen MR) is 76.0 cm³/mol. The fraction of sp³-hybridized carbons (Fsp3) is 0.385. The van der Waals surface area contributed by atoms with Crippen molar-refractivity contribution in [2.75, 3.05) is 0 Å². The highest BCUT2D eigenvalue weighted by molar-refractivity contribution is 6.87. The summed E-state index contributed by atoms with van der Waals surface area (Å²) >= 11 is 0. The van der Waals surface area contributed by atoms with Gasteiger partial charge in [-0.15, -0.1) is 10.2 Å². The molecule has 2 rings (SSSR count). The molecule has 0 aliphatic rings. The average Bonchev–Trinajstić information content (AvgIpc) is 2.78. The molecule has 6 heteroatoms. The van der Waals surface area contributed by atoms with E-state index in [0.717, 1.165) is 11.0 Å². The van der Waals surface area contributed by atoms with Crippen LogP contribution in [-0.2, 0) is 17.8 Å². The standard InChI is InChI=1S/C13H18N4OSi/c1-19(2,3)13-14-16-17(15-13)10-12(18)9-11-7-5-4-6-8-11/h4-8H,9-10H2,1-3H3. The predicted octanol–water partition coefficient (Wildman–Crippen LogP) is 1.03. The fourth-order valence-electron chi connectivity index (χ4n) is 1.65. The van der Waals surface area contributed by atoms with Gasteiger partial charge in [0.2, 0.25) is 0 Å². The van der Waals surface area contributed by atoms with Gasteiger partial charge in [0.1, 0.15) is 14.6 Å². The molecule has 1 heterocycles. The summed E-state index contributed by atoms with van der Waals surface area (Å²) in [6.07, 6.45) is 0.407. The third-order valence-electron chi connectivity index (χ3n) is 2.69. The molecule has 0 N–H and O–H groups in total. The Balaban J connectivity index is 1.98. The number of hydrogen-bond acceptors (Lipinski definition) is 4. The van der Waals surface area contributed by atoms with Crippen LogP contribution >= 0.6 is 0 Å². The molecule has 0 saturated carbocycles. The maximum atomic E-state index is 11.9. The first kappa shape index (κ1) is 13.6. The minimum Gasteiger partial charge on any atom is -0.297 e. The number of aromatic nitrogens is 4. The highest BCUT2D eigenvalue weighted by atomic mass is 28.3. The largest absolute Gasteiger partial charge is 0.297 e. The van der Waals surface area contributed by atoms with Crippen LogP contribution in [0.5, 0.6) is 0 Å². The number of carbonyl (C=O) groups is 1. The molecule has 2 aromatic rings. The third-order valence-corrected chi connectivity index (χ3v) is 4.23. The third kappa shape index (κ3) is 3.82. The monoisotopic (exact) mass is 274 g/mol. The summed E-state index contributed by atoms with van der Waals surface area (Å²) in [6.45, 7) is 6.65. The summed E-state index contributed by atoms with van der Waals surface area (Å²) in [7, 11) is -1.55. The lowest BCUT2D eigenvalue weighted by Gasteiger charge is -2.07. The van der Waals surface area contributed by atoms with Crippen LogP contribution in [0.25, 0.3) is 0 Å². The van der Waals surface area contributed by atoms with Crippen LogP contribution in [0.15, 0.2) is 30.3 Å². The van der Waals surface area contributed by atoms with Gasteiger partial charge in [-0.25, -0.2) is 0 Å². The zero-order valence-corrected chi connectivity index (χ0v) is 12.5. The van der Waals surface area contributed by atoms with Crippen LogP contribution in [-0.4, -0.2) is 34.1 Å². The first-order chi connectivity index (χ1) is 8.95. The summed E-state index contributed by atoms with van der Waals surface area (Å²) in [5.41, 5.74) is 1.80. The summed E-state index contributed by atoms with van der Waals surface area (Å²) in [6, 6.07) is 9.69. The number of rotatable bonds is 5. The number of hydrogen-bond donors (Lipinski definition) is 0. The molecule has 0 amide bonds. The van der Waals surface area contributed by atoms with Crippen molar-refractivity contribution in [2.45, 2.75) is 32.6 Å². The fourth-order valence-corrected chi connectivity index (χ4v) is 2.41. The Labute approximate surface area is 113 Å². The molecule has 0 saturated heterocycles. The zero-order valence-electron chi connectivity index (χ0n) is 11.5. The maximum absolute atomic E-state index is 11.9. The molecule has 1 aromatic carbocycles. The molecular formula is C13H18N4OSi. The van der Waals surface area contributed by atoms with Crippen molar-refractivity contribution in [1.29, 1.82) is 0 Å². The molecule has 0 aliphatic carbocycles. The molecule has 1 aromatic heterocycles. The van der Waals surface area contributed by atoms with Crippen molar-refractivity contribution < 1.29 is 4.79 Å². The molecule has 0 bridgehead atoms. The quantitative estimate of drug-likeness (QED) is 0.764. The minimum atomic E-state index is -1.55. The van der Waals surface area contributed by atoms with Crippen LogP contribution in [0.4, 0.5) is 0 Å². The first-order valence-electron chi connectivity index (χ1n) is 6.29. The number of ketones is 1. The van der Waals surface area contributed by atoms with Crippen LogP contribution in [0, 0.1) is 0 Å². The smallest absolute Gasteiger partial charge is 0.160 e. The van der Waals surface area contributed by atoms with Crippen molar-refractivity contribution in [3.05, 3.63) is 35.9 Å². The highest BCUT2D eigenvalue weighted by Crippen LogP contribution is 2.01. The molecule has 0 atom stereocenters. The number of Topliss-reactive ketones (excluding diaryl/α,β-unsaturated/α-hetero) is 1. The van der Waals surface area contributed by atoms with Crippen molar-refractivity contribution >= 4 is 19.3 Å². The molecule has 0 radical (unpaired) electrons. The Morgan fingerprint density at radius 3 is 2.47 bits per heavy atom. The van der Waals surface area contributed by atoms with Crippen molar-refractivity contribution in [1.82, 2.24) is 20.2 Å². The van der Waals surface area contributed by atoms with Gasteiger partial charge in [0, 0.05) is 6.42 Å². The SMILES string of the molecule is C[Si](C)(C)c1nnn(CC(=O)Cc2ccccc2)n1. The van der Waals surface area contributed by atoms with E-state index in [4.69, 9.17) is 0 Å². The van der Waals surface area contributed by atoms with Crippen LogP contribution in [0.1, 0.15) is 5.56 Å². The minimum absolute atomic E-state index is 0.0886. The number of carbonyl (C=O) groups excluding carboxylic acids is 1. The van der Waals surface area contributed by atoms with Gasteiger partial charge < -0.3 is 0 Å². The van der Waals surface area contributed by atoms with Gasteiger partial charge in [-0.05, 0) is 10.8 Å². The van der Waals surface area contributed by atoms with Crippen LogP contribution < -0.4 is 5.45 Å². The molecule has 0 fully saturated rings. The molecule has 5 nitrogen and oxygen atoms in total. The van der Waals surface area contributed by atoms with Gasteiger partial charge in [-0.2, -0.15) is 4.80 Å². The Kier molecular flexibility index (Phi) is 3.89. The first-order valence-corrected chi connectivity index (χ1v) is 9.79. The number of nitrogens with zero attached hydrogens (tertiary/aromatic N) is 4. The maximum Gasteiger partial charge on any atom is 0.160 e. The summed E-state index contributed by atoms with van der Waals surface area (Å²) in [5, 5.41) is 12.3. The lowest BCUT2D eigenvalue weighted by molar-refractivity contribution is -0.119. The Bertz CT molecular complexity index is 560. The summed E-state index contributed by atoms with van der Waals surface area (Å²) in [4.78, 5) is 13.3. The van der Waals surface area contributed by atoms with Crippen molar-refractivity contribution in [3.8, 4) is 0 Å². The van der Waals surface area contributed by atoms with E-state index in [1.807, 2.05) is 30.3 Å². The van der Waals surface area contributed by atoms with E-state index in [1.165, 1.54) is 4.80 Å². The average molecular weight is 274 g/mol. The van der Waals surface area contributed by atoms with E-state index in [2.05, 4.69) is 35.1 Å². The Hall–Kier alpha value is -1.82. The highest BCUT2D eigenvalue weighted by Gasteiger charge is 2.23. The summed E-state index contributed by atoms with van der Waals surface area (Å²) < 4.78 is 0. The molecule has 0 unspecified atom stereocenters. The van der Waals surface area contributed by atoms with Crippen molar-refractivity contribution in [3.63, 3.8) is 0 Å². The lowest BCUT2D eigenvalue weighted by Crippen LogP contribution is -2.41. The number of benzene rings is 1. The number of tetrazole rings is 1. The van der Waals surface area contributed by atoms with E-state index < -0.39 is 8.07 Å². The van der Waals surface area contributed by atoms with Gasteiger partial charge in [-0.1, -0.05) is 50.0 Å². The molecular weight excluding hydrogens is 256 g/mol. The lowest BCUT2D eigenvalue weighted by atomic mass is 10.1. The zero-order chi connectivity index (χ0) is 13.9. The van der Waals surface area contributed by atoms with Gasteiger partial charge in [0.25, 0.3) is 0 Å². The van der Waals surface area contributed by atoms with Gasteiger partial charge in [0.05, 0.1) is 0 Å². The van der Waals surface area contributed by atoms with E-state index in [-0.39, 0.29) is 12.3 Å². The second kappa shape index (κ2) is 5.44. The Morgan fingerprint density at radius 1 is 1.21 bits per heavy atom. The summed E-state index contributed by atoms with van der Waals surface area (Å²) in [5.74, 6) is 0.0886. The van der Waals surface area contributed by atoms with E-state index in [1.54, 1.807) is 0 Å². The van der Waals surface area contributed by atoms with E-state index >= 15 is 0 Å². The van der Waals surface area contributed by atoms with E-state index in [0.29, 0.717) is 6.42 Å². The van der Waals surface area contributed by atoms with Gasteiger partial charge in [-0.3, -0.25) is 4.79 Å². The van der Waals surface area contributed by atoms with Crippen LogP contribution in [0.3, 0.4) is 0 Å². The van der Waals surface area contributed by atoms with Crippen LogP contribution in [0.2, 0.25) is 19.6 Å². The normalized spacial score (nSPS) is 11.5. The van der Waals surface area contributed by atoms with Gasteiger partial charge in [0.15, 0.2) is 11.2 Å².